The minimum atomic E-state index is -4.06. The van der Waals surface area contributed by atoms with E-state index < -0.39 is 38.8 Å². The summed E-state index contributed by atoms with van der Waals surface area (Å²) in [6.07, 6.45) is 0.929. The number of furan rings is 1. The molecule has 1 saturated heterocycles. The fourth-order valence-corrected chi connectivity index (χ4v) is 3.95. The third-order valence-electron chi connectivity index (χ3n) is 3.47. The maximum Gasteiger partial charge on any atom is 0.371 e. The molecule has 10 heteroatoms. The number of aromatic carboxylic acids is 1. The van der Waals surface area contributed by atoms with E-state index in [0.29, 0.717) is 19.4 Å². The molecule has 1 aliphatic rings. The highest BCUT2D eigenvalue weighted by Gasteiger charge is 2.41. The summed E-state index contributed by atoms with van der Waals surface area (Å²) < 4.78 is 35.8. The van der Waals surface area contributed by atoms with Crippen LogP contribution in [0.25, 0.3) is 0 Å². The van der Waals surface area contributed by atoms with Gasteiger partial charge in [-0.15, -0.1) is 0 Å². The van der Waals surface area contributed by atoms with Gasteiger partial charge in [-0.1, -0.05) is 0 Å². The molecule has 128 valence electrons. The van der Waals surface area contributed by atoms with Gasteiger partial charge in [0.2, 0.25) is 16.8 Å². The number of rotatable bonds is 7. The molecule has 0 radical (unpaired) electrons. The van der Waals surface area contributed by atoms with Gasteiger partial charge in [0, 0.05) is 20.2 Å². The summed E-state index contributed by atoms with van der Waals surface area (Å²) in [5.41, 5.74) is 0. The van der Waals surface area contributed by atoms with E-state index in [1.54, 1.807) is 0 Å². The average Bonchev–Trinajstić information content (AvgIpc) is 3.17. The van der Waals surface area contributed by atoms with E-state index in [4.69, 9.17) is 14.3 Å². The first kappa shape index (κ1) is 17.4. The average molecular weight is 346 g/mol. The maximum absolute atomic E-state index is 12.5. The van der Waals surface area contributed by atoms with Crippen molar-refractivity contribution >= 4 is 21.9 Å². The number of amides is 1. The van der Waals surface area contributed by atoms with Crippen LogP contribution in [0.4, 0.5) is 0 Å². The number of carbonyl (C=O) groups excluding carboxylic acids is 1. The van der Waals surface area contributed by atoms with Crippen LogP contribution in [-0.4, -0.2) is 62.6 Å². The van der Waals surface area contributed by atoms with Crippen molar-refractivity contribution in [2.24, 2.45) is 0 Å². The van der Waals surface area contributed by atoms with Crippen molar-refractivity contribution < 1.29 is 32.3 Å². The predicted octanol–water partition coefficient (Wildman–Crippen LogP) is -0.106. The number of methoxy groups -OCH3 is 1. The fourth-order valence-electron chi connectivity index (χ4n) is 2.37. The largest absolute Gasteiger partial charge is 0.475 e. The van der Waals surface area contributed by atoms with Gasteiger partial charge in [0.15, 0.2) is 0 Å². The van der Waals surface area contributed by atoms with Gasteiger partial charge in [-0.25, -0.2) is 13.2 Å². The van der Waals surface area contributed by atoms with Gasteiger partial charge in [0.25, 0.3) is 10.0 Å². The van der Waals surface area contributed by atoms with Gasteiger partial charge >= 0.3 is 5.97 Å². The third-order valence-corrected chi connectivity index (χ3v) is 5.25. The number of nitrogens with zero attached hydrogens (tertiary/aromatic N) is 1. The minimum absolute atomic E-state index is 0.174. The maximum atomic E-state index is 12.5. The van der Waals surface area contributed by atoms with Gasteiger partial charge < -0.3 is 19.6 Å². The summed E-state index contributed by atoms with van der Waals surface area (Å²) in [6, 6.07) is 1.31. The fraction of sp³-hybridized carbons (Fsp3) is 0.538. The van der Waals surface area contributed by atoms with E-state index in [-0.39, 0.29) is 13.1 Å². The molecule has 0 bridgehead atoms. The molecule has 1 aromatic heterocycles. The lowest BCUT2D eigenvalue weighted by atomic mass is 10.2. The lowest BCUT2D eigenvalue weighted by Crippen LogP contribution is -2.46. The molecule has 1 aromatic rings. The van der Waals surface area contributed by atoms with Gasteiger partial charge in [0.1, 0.15) is 6.04 Å². The summed E-state index contributed by atoms with van der Waals surface area (Å²) >= 11 is 0. The topological polar surface area (TPSA) is 126 Å². The molecule has 0 saturated carbocycles. The highest BCUT2D eigenvalue weighted by molar-refractivity contribution is 7.89. The molecule has 1 unspecified atom stereocenters. The van der Waals surface area contributed by atoms with Crippen molar-refractivity contribution in [3.8, 4) is 0 Å². The van der Waals surface area contributed by atoms with Gasteiger partial charge in [-0.2, -0.15) is 4.31 Å². The SMILES string of the molecule is COCCNC(=O)C1CCCN1S(=O)(=O)c1ccc(C(=O)O)o1. The summed E-state index contributed by atoms with van der Waals surface area (Å²) in [4.78, 5) is 22.9. The lowest BCUT2D eigenvalue weighted by Gasteiger charge is -2.22. The predicted molar refractivity (Wildman–Crippen MR) is 77.5 cm³/mol. The second-order valence-electron chi connectivity index (χ2n) is 4.98. The Morgan fingerprint density at radius 2 is 2.22 bits per heavy atom. The first-order chi connectivity index (χ1) is 10.9. The van der Waals surface area contributed by atoms with Gasteiger partial charge in [0.05, 0.1) is 6.61 Å². The quantitative estimate of drug-likeness (QED) is 0.660. The zero-order valence-corrected chi connectivity index (χ0v) is 13.3. The molecule has 1 amide bonds. The van der Waals surface area contributed by atoms with E-state index in [2.05, 4.69) is 5.32 Å². The Bertz CT molecular complexity index is 682. The number of carboxylic acids is 1. The number of carbonyl (C=O) groups is 2. The zero-order chi connectivity index (χ0) is 17.0. The number of hydrogen-bond acceptors (Lipinski definition) is 6. The molecule has 2 rings (SSSR count). The molecule has 1 fully saturated rings. The summed E-state index contributed by atoms with van der Waals surface area (Å²) in [7, 11) is -2.57. The Balaban J connectivity index is 2.16. The van der Waals surface area contributed by atoms with Crippen LogP contribution < -0.4 is 5.32 Å². The summed E-state index contributed by atoms with van der Waals surface area (Å²) in [6.45, 7) is 0.781. The summed E-state index contributed by atoms with van der Waals surface area (Å²) in [5, 5.41) is 10.9. The van der Waals surface area contributed by atoms with Crippen LogP contribution in [-0.2, 0) is 19.6 Å². The van der Waals surface area contributed by atoms with Gasteiger partial charge in [-0.05, 0) is 25.0 Å². The van der Waals surface area contributed by atoms with E-state index >= 15 is 0 Å². The van der Waals surface area contributed by atoms with Crippen molar-refractivity contribution in [2.75, 3.05) is 26.8 Å². The minimum Gasteiger partial charge on any atom is -0.475 e. The molecule has 1 aliphatic heterocycles. The van der Waals surface area contributed by atoms with Crippen LogP contribution in [0.2, 0.25) is 0 Å². The molecule has 0 aliphatic carbocycles. The van der Waals surface area contributed by atoms with Crippen LogP contribution >= 0.6 is 0 Å². The lowest BCUT2D eigenvalue weighted by molar-refractivity contribution is -0.124. The zero-order valence-electron chi connectivity index (χ0n) is 12.5. The Hall–Kier alpha value is -1.91. The first-order valence-electron chi connectivity index (χ1n) is 6.99. The van der Waals surface area contributed by atoms with Crippen LogP contribution in [0.5, 0.6) is 0 Å². The van der Waals surface area contributed by atoms with Crippen molar-refractivity contribution in [1.82, 2.24) is 9.62 Å². The van der Waals surface area contributed by atoms with Crippen LogP contribution in [0, 0.1) is 0 Å². The van der Waals surface area contributed by atoms with E-state index in [9.17, 15) is 18.0 Å². The van der Waals surface area contributed by atoms with Crippen molar-refractivity contribution in [3.05, 3.63) is 17.9 Å². The Morgan fingerprint density at radius 1 is 1.48 bits per heavy atom. The molecule has 2 heterocycles. The second-order valence-corrected chi connectivity index (χ2v) is 6.80. The second kappa shape index (κ2) is 7.11. The van der Waals surface area contributed by atoms with Crippen molar-refractivity contribution in [3.63, 3.8) is 0 Å². The molecular formula is C13H18N2O7S. The third kappa shape index (κ3) is 3.71. The monoisotopic (exact) mass is 346 g/mol. The number of hydrogen-bond donors (Lipinski definition) is 2. The first-order valence-corrected chi connectivity index (χ1v) is 8.43. The molecule has 2 N–H and O–H groups in total. The molecule has 1 atom stereocenters. The van der Waals surface area contributed by atoms with E-state index in [1.807, 2.05) is 0 Å². The standard InChI is InChI=1S/C13H18N2O7S/c1-21-8-6-14-12(16)9-3-2-7-15(9)23(19,20)11-5-4-10(22-11)13(17)18/h4-5,9H,2-3,6-8H2,1H3,(H,14,16)(H,17,18). The number of ether oxygens (including phenoxy) is 1. The number of carboxylic acid groups (broad SMARTS) is 1. The number of sulfonamides is 1. The van der Waals surface area contributed by atoms with Crippen molar-refractivity contribution in [1.29, 1.82) is 0 Å². The molecule has 0 spiro atoms. The normalized spacial score (nSPS) is 18.9. The Kier molecular flexibility index (Phi) is 5.39. The van der Waals surface area contributed by atoms with Crippen molar-refractivity contribution in [2.45, 2.75) is 24.0 Å². The van der Waals surface area contributed by atoms with E-state index in [0.717, 1.165) is 16.4 Å². The molecule has 23 heavy (non-hydrogen) atoms. The van der Waals surface area contributed by atoms with Crippen LogP contribution in [0.15, 0.2) is 21.6 Å². The van der Waals surface area contributed by atoms with Gasteiger partial charge in [-0.3, -0.25) is 4.79 Å². The van der Waals surface area contributed by atoms with Crippen LogP contribution in [0.3, 0.4) is 0 Å². The highest BCUT2D eigenvalue weighted by Crippen LogP contribution is 2.27. The number of nitrogens with one attached hydrogen (secondary N) is 1. The molecule has 0 aromatic carbocycles. The molecular weight excluding hydrogens is 328 g/mol. The summed E-state index contributed by atoms with van der Waals surface area (Å²) in [5.74, 6) is -2.24. The van der Waals surface area contributed by atoms with Crippen LogP contribution in [0.1, 0.15) is 23.4 Å². The Morgan fingerprint density at radius 3 is 2.83 bits per heavy atom. The molecule has 9 nitrogen and oxygen atoms in total. The Labute approximate surface area is 133 Å². The highest BCUT2D eigenvalue weighted by atomic mass is 32.2. The van der Waals surface area contributed by atoms with E-state index in [1.165, 1.54) is 7.11 Å². The smallest absolute Gasteiger partial charge is 0.371 e.